The monoisotopic (exact) mass is 713 g/mol. The first-order valence-electron chi connectivity index (χ1n) is 19.4. The van der Waals surface area contributed by atoms with E-state index in [0.29, 0.717) is 6.61 Å². The first-order chi connectivity index (χ1) is 26.5. The molecule has 0 radical (unpaired) electrons. The molecule has 1 aliphatic carbocycles. The number of unbranched alkanes of at least 4 members (excludes halogenated alkanes) is 1. The average Bonchev–Trinajstić information content (AvgIpc) is 3.49. The number of anilines is 1. The van der Waals surface area contributed by atoms with Gasteiger partial charge >= 0.3 is 0 Å². The van der Waals surface area contributed by atoms with E-state index in [9.17, 15) is 0 Å². The molecule has 0 amide bonds. The molecule has 2 heterocycles. The van der Waals surface area contributed by atoms with Gasteiger partial charge in [-0.3, -0.25) is 0 Å². The Kier molecular flexibility index (Phi) is 8.91. The van der Waals surface area contributed by atoms with Gasteiger partial charge in [0.05, 0.1) is 26.9 Å². The van der Waals surface area contributed by atoms with Crippen LogP contribution in [0, 0.1) is 0 Å². The van der Waals surface area contributed by atoms with Crippen LogP contribution in [0.25, 0.3) is 28.0 Å². The standard InChI is InChI=1S/C49H47NO4/c1-4-5-29-53-39-22-17-36(18-23-39)49(35-15-20-38(51-3)21-16-35)26-25-42-46-45(41-13-9-10-14-44(41)48(46,2)33-34-11-7-6-8-12-34)43-32-37(50-27-30-52-31-28-50)19-24-40(43)47(42)54-49/h6-26,32H,4-5,27-31,33H2,1-3H3. The van der Waals surface area contributed by atoms with Crippen molar-refractivity contribution in [3.05, 3.63) is 161 Å². The summed E-state index contributed by atoms with van der Waals surface area (Å²) in [5, 5.41) is 2.33. The zero-order chi connectivity index (χ0) is 36.7. The smallest absolute Gasteiger partial charge is 0.178 e. The average molecular weight is 714 g/mol. The van der Waals surface area contributed by atoms with Gasteiger partial charge in [0.1, 0.15) is 17.2 Å². The van der Waals surface area contributed by atoms with Crippen molar-refractivity contribution >= 4 is 22.5 Å². The molecule has 0 bridgehead atoms. The number of rotatable bonds is 10. The van der Waals surface area contributed by atoms with Crippen LogP contribution < -0.4 is 19.1 Å². The molecule has 5 heteroatoms. The zero-order valence-electron chi connectivity index (χ0n) is 31.4. The van der Waals surface area contributed by atoms with E-state index in [1.54, 1.807) is 7.11 Å². The Morgan fingerprint density at radius 2 is 1.46 bits per heavy atom. The molecule has 2 unspecified atom stereocenters. The summed E-state index contributed by atoms with van der Waals surface area (Å²) in [7, 11) is 1.71. The van der Waals surface area contributed by atoms with Gasteiger partial charge < -0.3 is 23.8 Å². The number of nitrogens with zero attached hydrogens (tertiary/aromatic N) is 1. The number of morpholine rings is 1. The SMILES string of the molecule is CCCCOc1ccc(C2(c3ccc(OC)cc3)C=Cc3c4c(c5cc(N6CCOCC6)ccc5c3O2)-c2ccccc2C4(C)Cc2ccccc2)cc1. The van der Waals surface area contributed by atoms with Gasteiger partial charge in [0.15, 0.2) is 5.60 Å². The minimum absolute atomic E-state index is 0.300. The van der Waals surface area contributed by atoms with Gasteiger partial charge in [-0.25, -0.2) is 0 Å². The molecule has 3 aliphatic rings. The molecule has 6 aromatic rings. The molecule has 1 fully saturated rings. The molecule has 54 heavy (non-hydrogen) atoms. The van der Waals surface area contributed by atoms with Crippen LogP contribution in [0.1, 0.15) is 60.1 Å². The Morgan fingerprint density at radius 1 is 0.759 bits per heavy atom. The van der Waals surface area contributed by atoms with Gasteiger partial charge in [-0.05, 0) is 94.6 Å². The summed E-state index contributed by atoms with van der Waals surface area (Å²) < 4.78 is 25.1. The highest BCUT2D eigenvalue weighted by Gasteiger charge is 2.46. The van der Waals surface area contributed by atoms with Crippen LogP contribution in [-0.2, 0) is 22.2 Å². The van der Waals surface area contributed by atoms with Gasteiger partial charge in [0, 0.05) is 46.3 Å². The highest BCUT2D eigenvalue weighted by Crippen LogP contribution is 2.59. The van der Waals surface area contributed by atoms with E-state index in [1.807, 2.05) is 12.1 Å². The molecule has 0 N–H and O–H groups in total. The van der Waals surface area contributed by atoms with E-state index in [4.69, 9.17) is 18.9 Å². The van der Waals surface area contributed by atoms with Crippen molar-refractivity contribution in [3.8, 4) is 28.4 Å². The number of hydrogen-bond acceptors (Lipinski definition) is 5. The Morgan fingerprint density at radius 3 is 2.19 bits per heavy atom. The lowest BCUT2D eigenvalue weighted by molar-refractivity contribution is 0.122. The van der Waals surface area contributed by atoms with Crippen LogP contribution in [0.5, 0.6) is 17.2 Å². The van der Waals surface area contributed by atoms with Crippen LogP contribution in [0.15, 0.2) is 127 Å². The van der Waals surface area contributed by atoms with E-state index in [2.05, 4.69) is 140 Å². The molecule has 2 atom stereocenters. The maximum Gasteiger partial charge on any atom is 0.178 e. The lowest BCUT2D eigenvalue weighted by Crippen LogP contribution is -2.36. The minimum atomic E-state index is -0.896. The molecular formula is C49H47NO4. The maximum absolute atomic E-state index is 7.67. The Labute approximate surface area is 318 Å². The number of fused-ring (bicyclic) bond motifs is 8. The van der Waals surface area contributed by atoms with E-state index >= 15 is 0 Å². The van der Waals surface area contributed by atoms with Gasteiger partial charge in [-0.15, -0.1) is 0 Å². The van der Waals surface area contributed by atoms with E-state index in [1.165, 1.54) is 38.9 Å². The normalized spacial score (nSPS) is 19.9. The van der Waals surface area contributed by atoms with Crippen molar-refractivity contribution in [2.45, 2.75) is 44.1 Å². The van der Waals surface area contributed by atoms with Crippen molar-refractivity contribution in [3.63, 3.8) is 0 Å². The second-order valence-electron chi connectivity index (χ2n) is 15.0. The second kappa shape index (κ2) is 14.0. The summed E-state index contributed by atoms with van der Waals surface area (Å²) in [4.78, 5) is 2.45. The molecule has 6 aromatic carbocycles. The number of benzene rings is 6. The summed E-state index contributed by atoms with van der Waals surface area (Å²) in [6.45, 7) is 8.53. The highest BCUT2D eigenvalue weighted by atomic mass is 16.5. The van der Waals surface area contributed by atoms with Crippen LogP contribution >= 0.6 is 0 Å². The van der Waals surface area contributed by atoms with Crippen molar-refractivity contribution in [2.24, 2.45) is 0 Å². The molecule has 2 aliphatic heterocycles. The fourth-order valence-electron chi connectivity index (χ4n) is 8.95. The van der Waals surface area contributed by atoms with E-state index in [-0.39, 0.29) is 5.41 Å². The summed E-state index contributed by atoms with van der Waals surface area (Å²) in [5.74, 6) is 2.58. The molecular weight excluding hydrogens is 667 g/mol. The summed E-state index contributed by atoms with van der Waals surface area (Å²) in [6.07, 6.45) is 7.60. The van der Waals surface area contributed by atoms with Crippen LogP contribution in [0.2, 0.25) is 0 Å². The second-order valence-corrected chi connectivity index (χ2v) is 15.0. The fourth-order valence-corrected chi connectivity index (χ4v) is 8.95. The molecule has 0 spiro atoms. The quantitative estimate of drug-likeness (QED) is 0.132. The third kappa shape index (κ3) is 5.73. The molecule has 1 saturated heterocycles. The van der Waals surface area contributed by atoms with E-state index < -0.39 is 5.60 Å². The number of ether oxygens (including phenoxy) is 4. The van der Waals surface area contributed by atoms with Crippen molar-refractivity contribution in [1.82, 2.24) is 0 Å². The topological polar surface area (TPSA) is 40.2 Å². The minimum Gasteiger partial charge on any atom is -0.497 e. The van der Waals surface area contributed by atoms with Crippen molar-refractivity contribution in [2.75, 3.05) is 44.9 Å². The lowest BCUT2D eigenvalue weighted by Gasteiger charge is -2.39. The van der Waals surface area contributed by atoms with Crippen molar-refractivity contribution in [1.29, 1.82) is 0 Å². The largest absolute Gasteiger partial charge is 0.497 e. The zero-order valence-corrected chi connectivity index (χ0v) is 31.4. The first-order valence-corrected chi connectivity index (χ1v) is 19.4. The molecule has 0 saturated carbocycles. The molecule has 0 aromatic heterocycles. The predicted octanol–water partition coefficient (Wildman–Crippen LogP) is 10.7. The highest BCUT2D eigenvalue weighted by molar-refractivity contribution is 6.09. The first kappa shape index (κ1) is 34.3. The maximum atomic E-state index is 7.67. The van der Waals surface area contributed by atoms with Crippen LogP contribution in [0.4, 0.5) is 5.69 Å². The van der Waals surface area contributed by atoms with Gasteiger partial charge in [0.25, 0.3) is 0 Å². The van der Waals surface area contributed by atoms with Crippen molar-refractivity contribution < 1.29 is 18.9 Å². The fraction of sp³-hybridized carbons (Fsp3) is 0.265. The Bertz CT molecular complexity index is 2330. The predicted molar refractivity (Wildman–Crippen MR) is 219 cm³/mol. The number of hydrogen-bond donors (Lipinski definition) is 0. The third-order valence-corrected chi connectivity index (χ3v) is 11.7. The Balaban J connectivity index is 1.29. The van der Waals surface area contributed by atoms with Crippen LogP contribution in [0.3, 0.4) is 0 Å². The third-order valence-electron chi connectivity index (χ3n) is 11.7. The van der Waals surface area contributed by atoms with Crippen LogP contribution in [-0.4, -0.2) is 40.0 Å². The lowest BCUT2D eigenvalue weighted by atomic mass is 9.72. The summed E-state index contributed by atoms with van der Waals surface area (Å²) in [5.41, 5.74) is 9.84. The number of methoxy groups -OCH3 is 1. The van der Waals surface area contributed by atoms with Gasteiger partial charge in [-0.1, -0.05) is 105 Å². The van der Waals surface area contributed by atoms with Gasteiger partial charge in [0.2, 0.25) is 0 Å². The van der Waals surface area contributed by atoms with E-state index in [0.717, 1.165) is 84.9 Å². The summed E-state index contributed by atoms with van der Waals surface area (Å²) >= 11 is 0. The Hall–Kier alpha value is -5.52. The summed E-state index contributed by atoms with van der Waals surface area (Å²) in [6, 6.07) is 43.7. The molecule has 272 valence electrons. The molecule has 5 nitrogen and oxygen atoms in total. The molecule has 9 rings (SSSR count). The van der Waals surface area contributed by atoms with Gasteiger partial charge in [-0.2, -0.15) is 0 Å².